The van der Waals surface area contributed by atoms with Crippen molar-refractivity contribution in [3.8, 4) is 0 Å². The number of carbonyl (C=O) groups excluding carboxylic acids is 2. The number of hydrogen-bond donors (Lipinski definition) is 1. The van der Waals surface area contributed by atoms with Gasteiger partial charge in [0.1, 0.15) is 5.92 Å². The molecule has 1 aromatic heterocycles. The first kappa shape index (κ1) is 20.6. The lowest BCUT2D eigenvalue weighted by molar-refractivity contribution is -0.159. The van der Waals surface area contributed by atoms with E-state index in [0.29, 0.717) is 12.1 Å². The Balaban J connectivity index is 1.26. The molecule has 168 valence electrons. The van der Waals surface area contributed by atoms with Crippen LogP contribution in [0.2, 0.25) is 0 Å². The van der Waals surface area contributed by atoms with Gasteiger partial charge in [-0.3, -0.25) is 19.1 Å². The molecule has 2 atom stereocenters. The van der Waals surface area contributed by atoms with Gasteiger partial charge in [-0.1, -0.05) is 30.3 Å². The van der Waals surface area contributed by atoms with Gasteiger partial charge in [0.25, 0.3) is 11.8 Å². The van der Waals surface area contributed by atoms with Gasteiger partial charge in [-0.05, 0) is 5.56 Å². The summed E-state index contributed by atoms with van der Waals surface area (Å²) < 4.78 is 28.1. The van der Waals surface area contributed by atoms with Crippen molar-refractivity contribution < 1.29 is 28.3 Å². The second kappa shape index (κ2) is 7.11. The van der Waals surface area contributed by atoms with Gasteiger partial charge in [-0.25, -0.2) is 8.78 Å². The molecule has 1 aliphatic carbocycles. The molecule has 8 nitrogen and oxygen atoms in total. The average Bonchev–Trinajstić information content (AvgIpc) is 3.10. The third kappa shape index (κ3) is 3.43. The van der Waals surface area contributed by atoms with Crippen LogP contribution in [0, 0.1) is 17.3 Å². The van der Waals surface area contributed by atoms with Crippen molar-refractivity contribution in [2.75, 3.05) is 26.2 Å². The summed E-state index contributed by atoms with van der Waals surface area (Å²) in [7, 11) is 0. The van der Waals surface area contributed by atoms with Crippen molar-refractivity contribution >= 4 is 17.8 Å². The molecule has 3 heterocycles. The van der Waals surface area contributed by atoms with Gasteiger partial charge in [-0.15, -0.1) is 0 Å². The molecule has 0 radical (unpaired) electrons. The Morgan fingerprint density at radius 3 is 2.34 bits per heavy atom. The summed E-state index contributed by atoms with van der Waals surface area (Å²) in [5.74, 6) is -7.11. The number of alkyl halides is 2. The topological polar surface area (TPSA) is 95.7 Å². The molecule has 2 aromatic rings. The number of benzene rings is 1. The molecule has 2 aliphatic heterocycles. The lowest BCUT2D eigenvalue weighted by Crippen LogP contribution is -2.63. The second-order valence-corrected chi connectivity index (χ2v) is 9.06. The van der Waals surface area contributed by atoms with E-state index in [2.05, 4.69) is 5.10 Å². The number of carbonyl (C=O) groups is 3. The van der Waals surface area contributed by atoms with Crippen LogP contribution in [0.25, 0.3) is 0 Å². The summed E-state index contributed by atoms with van der Waals surface area (Å²) in [4.78, 5) is 39.9. The predicted molar refractivity (Wildman–Crippen MR) is 107 cm³/mol. The molecular formula is C22H22F2N4O4. The minimum atomic E-state index is -2.95. The van der Waals surface area contributed by atoms with Crippen LogP contribution in [0.15, 0.2) is 42.7 Å². The maximum atomic E-state index is 13.2. The Morgan fingerprint density at radius 2 is 1.72 bits per heavy atom. The normalized spacial score (nSPS) is 24.9. The Hall–Kier alpha value is -3.30. The maximum absolute atomic E-state index is 13.2. The summed E-state index contributed by atoms with van der Waals surface area (Å²) in [6.07, 6.45) is 2.63. The highest BCUT2D eigenvalue weighted by atomic mass is 19.3. The number of carboxylic acids is 1. The molecule has 2 saturated heterocycles. The van der Waals surface area contributed by atoms with E-state index >= 15 is 0 Å². The molecule has 10 heteroatoms. The van der Waals surface area contributed by atoms with E-state index < -0.39 is 41.5 Å². The number of hydrogen-bond acceptors (Lipinski definition) is 4. The number of nitrogens with zero attached hydrogens (tertiary/aromatic N) is 4. The third-order valence-electron chi connectivity index (χ3n) is 6.75. The van der Waals surface area contributed by atoms with E-state index in [1.807, 2.05) is 30.3 Å². The van der Waals surface area contributed by atoms with Crippen molar-refractivity contribution in [3.05, 3.63) is 53.9 Å². The first-order valence-corrected chi connectivity index (χ1v) is 10.4. The van der Waals surface area contributed by atoms with E-state index in [9.17, 15) is 28.3 Å². The molecule has 1 spiro atoms. The molecule has 5 rings (SSSR count). The largest absolute Gasteiger partial charge is 0.481 e. The zero-order valence-electron chi connectivity index (χ0n) is 17.2. The Morgan fingerprint density at radius 1 is 1.06 bits per heavy atom. The van der Waals surface area contributed by atoms with E-state index in [0.717, 1.165) is 5.56 Å². The zero-order chi connectivity index (χ0) is 22.7. The van der Waals surface area contributed by atoms with E-state index in [-0.39, 0.29) is 32.1 Å². The molecule has 1 aromatic carbocycles. The van der Waals surface area contributed by atoms with E-state index in [1.165, 1.54) is 16.0 Å². The van der Waals surface area contributed by atoms with Crippen LogP contribution in [0.3, 0.4) is 0 Å². The number of halogens is 2. The molecule has 32 heavy (non-hydrogen) atoms. The number of amides is 2. The SMILES string of the molecule is O=C(O)C1CN(C(=O)c2cnn(Cc3ccccc3)c2)CC12CN(C(=O)[C@H]1CC1(F)F)C2. The summed E-state index contributed by atoms with van der Waals surface area (Å²) >= 11 is 0. The number of likely N-dealkylation sites (tertiary alicyclic amines) is 2. The third-order valence-corrected chi connectivity index (χ3v) is 6.75. The fourth-order valence-electron chi connectivity index (χ4n) is 4.87. The lowest BCUT2D eigenvalue weighted by atomic mass is 9.71. The number of rotatable bonds is 5. The molecular weight excluding hydrogens is 422 g/mol. The summed E-state index contributed by atoms with van der Waals surface area (Å²) in [5.41, 5.74) is 0.578. The maximum Gasteiger partial charge on any atom is 0.309 e. The molecule has 1 unspecified atom stereocenters. The first-order chi connectivity index (χ1) is 15.2. The highest BCUT2D eigenvalue weighted by molar-refractivity contribution is 5.94. The number of aromatic nitrogens is 2. The number of aliphatic carboxylic acids is 1. The molecule has 3 fully saturated rings. The molecule has 1 saturated carbocycles. The van der Waals surface area contributed by atoms with Crippen molar-refractivity contribution in [2.45, 2.75) is 18.9 Å². The summed E-state index contributed by atoms with van der Waals surface area (Å²) in [5, 5.41) is 13.9. The summed E-state index contributed by atoms with van der Waals surface area (Å²) in [6, 6.07) is 9.64. The predicted octanol–water partition coefficient (Wildman–Crippen LogP) is 1.57. The fourth-order valence-corrected chi connectivity index (χ4v) is 4.87. The van der Waals surface area contributed by atoms with Gasteiger partial charge < -0.3 is 14.9 Å². The Bertz CT molecular complexity index is 1080. The van der Waals surface area contributed by atoms with Crippen LogP contribution >= 0.6 is 0 Å². The molecule has 1 N–H and O–H groups in total. The van der Waals surface area contributed by atoms with E-state index in [4.69, 9.17) is 0 Å². The van der Waals surface area contributed by atoms with Crippen LogP contribution in [0.5, 0.6) is 0 Å². The van der Waals surface area contributed by atoms with Crippen LogP contribution in [-0.4, -0.2) is 74.6 Å². The van der Waals surface area contributed by atoms with Crippen LogP contribution in [0.4, 0.5) is 8.78 Å². The second-order valence-electron chi connectivity index (χ2n) is 9.06. The van der Waals surface area contributed by atoms with E-state index in [1.54, 1.807) is 10.9 Å². The smallest absolute Gasteiger partial charge is 0.309 e. The van der Waals surface area contributed by atoms with Gasteiger partial charge >= 0.3 is 5.97 Å². The molecule has 0 bridgehead atoms. The van der Waals surface area contributed by atoms with Crippen LogP contribution < -0.4 is 0 Å². The molecule has 3 aliphatic rings. The lowest BCUT2D eigenvalue weighted by Gasteiger charge is -2.49. The van der Waals surface area contributed by atoms with Crippen LogP contribution in [-0.2, 0) is 16.1 Å². The fraction of sp³-hybridized carbons (Fsp3) is 0.455. The Kier molecular flexibility index (Phi) is 4.58. The monoisotopic (exact) mass is 444 g/mol. The number of carboxylic acid groups (broad SMARTS) is 1. The highest BCUT2D eigenvalue weighted by Crippen LogP contribution is 2.52. The van der Waals surface area contributed by atoms with Gasteiger partial charge in [0.15, 0.2) is 0 Å². The summed E-state index contributed by atoms with van der Waals surface area (Å²) in [6.45, 7) is 0.828. The van der Waals surface area contributed by atoms with Crippen LogP contribution in [0.1, 0.15) is 22.3 Å². The van der Waals surface area contributed by atoms with Crippen molar-refractivity contribution in [3.63, 3.8) is 0 Å². The highest BCUT2D eigenvalue weighted by Gasteiger charge is 2.66. The average molecular weight is 444 g/mol. The molecule has 2 amide bonds. The zero-order valence-corrected chi connectivity index (χ0v) is 17.2. The first-order valence-electron chi connectivity index (χ1n) is 10.4. The van der Waals surface area contributed by atoms with Gasteiger partial charge in [0.2, 0.25) is 5.91 Å². The Labute approximate surface area is 182 Å². The van der Waals surface area contributed by atoms with Gasteiger partial charge in [0.05, 0.1) is 24.2 Å². The van der Waals surface area contributed by atoms with Crippen molar-refractivity contribution in [2.24, 2.45) is 17.3 Å². The minimum absolute atomic E-state index is 0.0135. The van der Waals surface area contributed by atoms with Gasteiger partial charge in [-0.2, -0.15) is 5.10 Å². The quantitative estimate of drug-likeness (QED) is 0.756. The van der Waals surface area contributed by atoms with Crippen molar-refractivity contribution in [1.82, 2.24) is 19.6 Å². The van der Waals surface area contributed by atoms with Gasteiger partial charge in [0, 0.05) is 44.2 Å². The minimum Gasteiger partial charge on any atom is -0.481 e. The van der Waals surface area contributed by atoms with Crippen molar-refractivity contribution in [1.29, 1.82) is 0 Å². The standard InChI is InChI=1S/C22H22F2N4O4/c23-22(24)6-16(22)19(30)27-12-21(13-27)11-26(10-17(21)20(31)32)18(29)15-7-25-28(9-15)8-14-4-2-1-3-5-14/h1-5,7,9,16-17H,6,8,10-13H2,(H,31,32)/t16-,17?/m1/s1.